The Morgan fingerprint density at radius 3 is 3.13 bits per heavy atom. The summed E-state index contributed by atoms with van der Waals surface area (Å²) < 4.78 is 0. The van der Waals surface area contributed by atoms with Crippen molar-refractivity contribution in [3.05, 3.63) is 0 Å². The molecule has 3 atom stereocenters. The van der Waals surface area contributed by atoms with Crippen molar-refractivity contribution < 1.29 is 4.84 Å². The predicted octanol–water partition coefficient (Wildman–Crippen LogP) is 3.27. The monoisotopic (exact) mass is 209 g/mol. The molecule has 2 heteroatoms. The smallest absolute Gasteiger partial charge is 0.0828 e. The molecule has 0 saturated carbocycles. The normalized spacial score (nSPS) is 43.8. The quantitative estimate of drug-likeness (QED) is 0.659. The predicted molar refractivity (Wildman–Crippen MR) is 60.5 cm³/mol. The summed E-state index contributed by atoms with van der Waals surface area (Å²) in [4.78, 5) is 6.01. The molecule has 0 radical (unpaired) electrons. The molecule has 3 rings (SSSR count). The van der Waals surface area contributed by atoms with Crippen LogP contribution >= 0.6 is 0 Å². The van der Waals surface area contributed by atoms with E-state index in [4.69, 9.17) is 4.84 Å². The molecule has 2 nitrogen and oxygen atoms in total. The van der Waals surface area contributed by atoms with E-state index in [-0.39, 0.29) is 0 Å². The van der Waals surface area contributed by atoms with Gasteiger partial charge < -0.3 is 0 Å². The standard InChI is InChI=1S/C13H23NO/c1-2-3-4-7-13-8-5-6-11-9-12(10-13)15-14(11)13/h11-12H,2-10H2,1H3/t11-,12-,13+/m1/s1. The van der Waals surface area contributed by atoms with Crippen LogP contribution in [0.3, 0.4) is 0 Å². The molecule has 3 aliphatic rings. The maximum absolute atomic E-state index is 6.01. The van der Waals surface area contributed by atoms with E-state index in [0.29, 0.717) is 11.6 Å². The highest BCUT2D eigenvalue weighted by Crippen LogP contribution is 2.51. The average molecular weight is 209 g/mol. The summed E-state index contributed by atoms with van der Waals surface area (Å²) in [5.41, 5.74) is 0.473. The van der Waals surface area contributed by atoms with Crippen molar-refractivity contribution in [1.82, 2.24) is 5.06 Å². The molecule has 2 bridgehead atoms. The molecule has 0 amide bonds. The number of rotatable bonds is 4. The number of hydrogen-bond acceptors (Lipinski definition) is 2. The molecule has 0 aliphatic carbocycles. The lowest BCUT2D eigenvalue weighted by Gasteiger charge is -2.45. The number of fused-ring (bicyclic) bond motifs is 1. The Bertz CT molecular complexity index is 243. The molecule has 0 aromatic carbocycles. The highest BCUT2D eigenvalue weighted by atomic mass is 16.7. The van der Waals surface area contributed by atoms with Gasteiger partial charge in [0, 0.05) is 11.6 Å². The second-order valence-corrected chi connectivity index (χ2v) is 5.72. The van der Waals surface area contributed by atoms with Crippen LogP contribution in [0, 0.1) is 0 Å². The van der Waals surface area contributed by atoms with Gasteiger partial charge in [0.05, 0.1) is 6.10 Å². The zero-order valence-corrected chi connectivity index (χ0v) is 9.87. The third-order valence-electron chi connectivity index (χ3n) is 4.63. The molecule has 0 unspecified atom stereocenters. The summed E-state index contributed by atoms with van der Waals surface area (Å²) >= 11 is 0. The third-order valence-corrected chi connectivity index (χ3v) is 4.63. The minimum atomic E-state index is 0.473. The van der Waals surface area contributed by atoms with Crippen LogP contribution < -0.4 is 0 Å². The van der Waals surface area contributed by atoms with Crippen LogP contribution in [0.4, 0.5) is 0 Å². The Hall–Kier alpha value is -0.0800. The zero-order chi connectivity index (χ0) is 10.3. The lowest BCUT2D eigenvalue weighted by atomic mass is 9.74. The van der Waals surface area contributed by atoms with E-state index in [1.54, 1.807) is 0 Å². The summed E-state index contributed by atoms with van der Waals surface area (Å²) in [6, 6.07) is 0.777. The molecule has 0 N–H and O–H groups in total. The fourth-order valence-electron chi connectivity index (χ4n) is 3.98. The van der Waals surface area contributed by atoms with Crippen LogP contribution in [0.25, 0.3) is 0 Å². The molecular weight excluding hydrogens is 186 g/mol. The number of hydroxylamine groups is 2. The SMILES string of the molecule is CCCCC[C@]12CCC[C@@H]3C[C@H](C1)ON32. The molecule has 0 aromatic heterocycles. The Morgan fingerprint density at radius 1 is 1.40 bits per heavy atom. The first-order valence-corrected chi connectivity index (χ1v) is 6.80. The van der Waals surface area contributed by atoms with Crippen LogP contribution in [0.15, 0.2) is 0 Å². The van der Waals surface area contributed by atoms with E-state index in [1.807, 2.05) is 0 Å². The van der Waals surface area contributed by atoms with Gasteiger partial charge >= 0.3 is 0 Å². The first-order valence-electron chi connectivity index (χ1n) is 6.80. The van der Waals surface area contributed by atoms with Crippen molar-refractivity contribution in [1.29, 1.82) is 0 Å². The summed E-state index contributed by atoms with van der Waals surface area (Å²) in [7, 11) is 0. The maximum atomic E-state index is 6.01. The van der Waals surface area contributed by atoms with Crippen molar-refractivity contribution in [3.63, 3.8) is 0 Å². The Morgan fingerprint density at radius 2 is 2.33 bits per heavy atom. The van der Waals surface area contributed by atoms with Gasteiger partial charge in [0.25, 0.3) is 0 Å². The van der Waals surface area contributed by atoms with Gasteiger partial charge in [-0.15, -0.1) is 0 Å². The van der Waals surface area contributed by atoms with E-state index in [9.17, 15) is 0 Å². The molecule has 3 heterocycles. The zero-order valence-electron chi connectivity index (χ0n) is 9.87. The molecule has 3 fully saturated rings. The van der Waals surface area contributed by atoms with Crippen molar-refractivity contribution in [2.75, 3.05) is 0 Å². The molecular formula is C13H23NO. The number of piperidine rings is 2. The van der Waals surface area contributed by atoms with E-state index in [0.717, 1.165) is 6.04 Å². The molecule has 3 aliphatic heterocycles. The highest BCUT2D eigenvalue weighted by molar-refractivity contribution is 5.05. The summed E-state index contributed by atoms with van der Waals surface area (Å²) in [5, 5.41) is 2.43. The first-order chi connectivity index (χ1) is 7.34. The summed E-state index contributed by atoms with van der Waals surface area (Å²) in [6.07, 6.45) is 12.9. The Balaban J connectivity index is 1.68. The van der Waals surface area contributed by atoms with Crippen LogP contribution in [0.1, 0.15) is 64.7 Å². The van der Waals surface area contributed by atoms with Gasteiger partial charge in [-0.2, -0.15) is 5.06 Å². The minimum Gasteiger partial charge on any atom is -0.295 e. The fraction of sp³-hybridized carbons (Fsp3) is 1.00. The van der Waals surface area contributed by atoms with E-state index in [2.05, 4.69) is 12.0 Å². The van der Waals surface area contributed by atoms with Gasteiger partial charge in [-0.05, 0) is 38.5 Å². The molecule has 86 valence electrons. The van der Waals surface area contributed by atoms with Gasteiger partial charge in [-0.25, -0.2) is 0 Å². The number of nitrogens with zero attached hydrogens (tertiary/aromatic N) is 1. The van der Waals surface area contributed by atoms with Gasteiger partial charge in [0.15, 0.2) is 0 Å². The van der Waals surface area contributed by atoms with Crippen LogP contribution in [0.5, 0.6) is 0 Å². The second-order valence-electron chi connectivity index (χ2n) is 5.72. The van der Waals surface area contributed by atoms with E-state index in [1.165, 1.54) is 57.8 Å². The van der Waals surface area contributed by atoms with Crippen molar-refractivity contribution >= 4 is 0 Å². The summed E-state index contributed by atoms with van der Waals surface area (Å²) in [6.45, 7) is 2.29. The summed E-state index contributed by atoms with van der Waals surface area (Å²) in [5.74, 6) is 0. The van der Waals surface area contributed by atoms with Crippen LogP contribution in [0.2, 0.25) is 0 Å². The largest absolute Gasteiger partial charge is 0.295 e. The lowest BCUT2D eigenvalue weighted by Crippen LogP contribution is -2.52. The topological polar surface area (TPSA) is 12.5 Å². The Kier molecular flexibility index (Phi) is 2.52. The fourth-order valence-corrected chi connectivity index (χ4v) is 3.98. The maximum Gasteiger partial charge on any atom is 0.0828 e. The first kappa shape index (κ1) is 10.1. The second kappa shape index (κ2) is 3.74. The highest BCUT2D eigenvalue weighted by Gasteiger charge is 2.56. The van der Waals surface area contributed by atoms with Gasteiger partial charge in [-0.1, -0.05) is 26.2 Å². The third kappa shape index (κ3) is 1.53. The van der Waals surface area contributed by atoms with Crippen molar-refractivity contribution in [3.8, 4) is 0 Å². The van der Waals surface area contributed by atoms with E-state index >= 15 is 0 Å². The molecule has 0 spiro atoms. The van der Waals surface area contributed by atoms with Crippen LogP contribution in [-0.4, -0.2) is 22.7 Å². The van der Waals surface area contributed by atoms with Crippen molar-refractivity contribution in [2.24, 2.45) is 0 Å². The molecule has 15 heavy (non-hydrogen) atoms. The van der Waals surface area contributed by atoms with Crippen LogP contribution in [-0.2, 0) is 4.84 Å². The van der Waals surface area contributed by atoms with E-state index < -0.39 is 0 Å². The van der Waals surface area contributed by atoms with Crippen molar-refractivity contribution in [2.45, 2.75) is 82.4 Å². The van der Waals surface area contributed by atoms with Gasteiger partial charge in [0.1, 0.15) is 0 Å². The lowest BCUT2D eigenvalue weighted by molar-refractivity contribution is -0.183. The minimum absolute atomic E-state index is 0.473. The van der Waals surface area contributed by atoms with Gasteiger partial charge in [0.2, 0.25) is 0 Å². The number of unbranched alkanes of at least 4 members (excludes halogenated alkanes) is 2. The molecule has 3 saturated heterocycles. The number of hydrogen-bond donors (Lipinski definition) is 0. The Labute approximate surface area is 92.9 Å². The average Bonchev–Trinajstić information content (AvgIpc) is 2.75. The van der Waals surface area contributed by atoms with Gasteiger partial charge in [-0.3, -0.25) is 4.84 Å². The molecule has 0 aromatic rings.